The molecule has 2 N–H and O–H groups in total. The highest BCUT2D eigenvalue weighted by Gasteiger charge is 2.25. The molecule has 0 radical (unpaired) electrons. The Morgan fingerprint density at radius 1 is 0.778 bits per heavy atom. The SMILES string of the molecule is Oc1ccc2c(c1)COc1c-2cc2ccc(O)cc2c1-c1ccccc1F. The molecule has 0 fully saturated rings. The average molecular weight is 358 g/mol. The number of ether oxygens (including phenoxy) is 1. The fourth-order valence-corrected chi connectivity index (χ4v) is 3.76. The summed E-state index contributed by atoms with van der Waals surface area (Å²) in [6.45, 7) is 0.280. The Morgan fingerprint density at radius 2 is 1.56 bits per heavy atom. The Kier molecular flexibility index (Phi) is 3.34. The minimum atomic E-state index is -0.351. The monoisotopic (exact) mass is 358 g/mol. The van der Waals surface area contributed by atoms with Crippen LogP contribution in [0.15, 0.2) is 66.7 Å². The van der Waals surface area contributed by atoms with Gasteiger partial charge in [0, 0.05) is 22.3 Å². The van der Waals surface area contributed by atoms with E-state index in [-0.39, 0.29) is 23.9 Å². The molecule has 4 aromatic rings. The Balaban J connectivity index is 1.92. The van der Waals surface area contributed by atoms with Crippen LogP contribution in [0.25, 0.3) is 33.0 Å². The number of fused-ring (bicyclic) bond motifs is 4. The zero-order chi connectivity index (χ0) is 18.5. The first kappa shape index (κ1) is 15.7. The van der Waals surface area contributed by atoms with Gasteiger partial charge in [-0.3, -0.25) is 0 Å². The lowest BCUT2D eigenvalue weighted by molar-refractivity contribution is 0.303. The van der Waals surface area contributed by atoms with Gasteiger partial charge in [0.2, 0.25) is 0 Å². The van der Waals surface area contributed by atoms with Gasteiger partial charge in [0.05, 0.1) is 0 Å². The summed E-state index contributed by atoms with van der Waals surface area (Å²) in [5.41, 5.74) is 3.71. The number of phenolic OH excluding ortho intramolecular Hbond substituents is 2. The summed E-state index contributed by atoms with van der Waals surface area (Å²) >= 11 is 0. The van der Waals surface area contributed by atoms with Gasteiger partial charge in [0.15, 0.2) is 0 Å². The lowest BCUT2D eigenvalue weighted by Crippen LogP contribution is -2.07. The lowest BCUT2D eigenvalue weighted by atomic mass is 9.88. The summed E-state index contributed by atoms with van der Waals surface area (Å²) in [5.74, 6) is 0.522. The molecule has 0 spiro atoms. The first-order valence-electron chi connectivity index (χ1n) is 8.61. The smallest absolute Gasteiger partial charge is 0.136 e. The van der Waals surface area contributed by atoms with Crippen LogP contribution in [0.4, 0.5) is 4.39 Å². The molecule has 0 amide bonds. The summed E-state index contributed by atoms with van der Waals surface area (Å²) in [6.07, 6.45) is 0. The van der Waals surface area contributed by atoms with E-state index in [0.29, 0.717) is 16.9 Å². The van der Waals surface area contributed by atoms with Gasteiger partial charge in [0.1, 0.15) is 29.7 Å². The van der Waals surface area contributed by atoms with Crippen molar-refractivity contribution in [2.24, 2.45) is 0 Å². The third-order valence-corrected chi connectivity index (χ3v) is 4.97. The fourth-order valence-electron chi connectivity index (χ4n) is 3.76. The van der Waals surface area contributed by atoms with E-state index in [1.165, 1.54) is 6.07 Å². The molecule has 0 saturated heterocycles. The largest absolute Gasteiger partial charge is 0.508 e. The molecule has 0 atom stereocenters. The molecule has 1 aliphatic rings. The Bertz CT molecular complexity index is 1210. The second-order valence-electron chi connectivity index (χ2n) is 6.64. The number of hydrogen-bond acceptors (Lipinski definition) is 3. The van der Waals surface area contributed by atoms with Crippen molar-refractivity contribution in [1.29, 1.82) is 0 Å². The van der Waals surface area contributed by atoms with Crippen LogP contribution >= 0.6 is 0 Å². The fraction of sp³-hybridized carbons (Fsp3) is 0.0435. The number of halogens is 1. The van der Waals surface area contributed by atoms with E-state index >= 15 is 0 Å². The zero-order valence-corrected chi connectivity index (χ0v) is 14.2. The van der Waals surface area contributed by atoms with Crippen molar-refractivity contribution < 1.29 is 19.3 Å². The van der Waals surface area contributed by atoms with Crippen LogP contribution in [0, 0.1) is 5.82 Å². The van der Waals surface area contributed by atoms with E-state index in [1.807, 2.05) is 18.2 Å². The van der Waals surface area contributed by atoms with Crippen LogP contribution < -0.4 is 4.74 Å². The lowest BCUT2D eigenvalue weighted by Gasteiger charge is -2.25. The molecular formula is C23H15FO3. The highest BCUT2D eigenvalue weighted by molar-refractivity contribution is 6.05. The van der Waals surface area contributed by atoms with E-state index in [4.69, 9.17) is 4.74 Å². The Labute approximate surface area is 154 Å². The molecule has 27 heavy (non-hydrogen) atoms. The minimum absolute atomic E-state index is 0.112. The van der Waals surface area contributed by atoms with E-state index in [1.54, 1.807) is 42.5 Å². The number of aromatic hydroxyl groups is 2. The molecule has 0 unspecified atom stereocenters. The molecule has 1 aliphatic heterocycles. The maximum atomic E-state index is 14.7. The molecular weight excluding hydrogens is 343 g/mol. The predicted octanol–water partition coefficient (Wildman–Crippen LogP) is 5.62. The summed E-state index contributed by atoms with van der Waals surface area (Å²) in [4.78, 5) is 0. The molecule has 0 aromatic heterocycles. The highest BCUT2D eigenvalue weighted by Crippen LogP contribution is 2.49. The van der Waals surface area contributed by atoms with Crippen molar-refractivity contribution in [3.63, 3.8) is 0 Å². The molecule has 1 heterocycles. The molecule has 132 valence electrons. The van der Waals surface area contributed by atoms with E-state index in [9.17, 15) is 14.6 Å². The van der Waals surface area contributed by atoms with E-state index < -0.39 is 0 Å². The quantitative estimate of drug-likeness (QED) is 0.464. The molecule has 0 saturated carbocycles. The molecule has 4 heteroatoms. The van der Waals surface area contributed by atoms with Gasteiger partial charge < -0.3 is 14.9 Å². The van der Waals surface area contributed by atoms with Crippen molar-refractivity contribution in [3.8, 4) is 39.5 Å². The van der Waals surface area contributed by atoms with Crippen LogP contribution in [-0.2, 0) is 6.61 Å². The van der Waals surface area contributed by atoms with Gasteiger partial charge >= 0.3 is 0 Å². The standard InChI is InChI=1S/C23H15FO3/c24-21-4-2-1-3-18(21)22-19-11-16(26)6-5-13(19)10-20-17-8-7-15(25)9-14(17)12-27-23(20)22/h1-11,25-26H,12H2. The van der Waals surface area contributed by atoms with Crippen LogP contribution in [0.2, 0.25) is 0 Å². The molecule has 3 nitrogen and oxygen atoms in total. The molecule has 4 aromatic carbocycles. The van der Waals surface area contributed by atoms with Crippen molar-refractivity contribution in [1.82, 2.24) is 0 Å². The van der Waals surface area contributed by atoms with Gasteiger partial charge in [-0.15, -0.1) is 0 Å². The second-order valence-corrected chi connectivity index (χ2v) is 6.64. The Morgan fingerprint density at radius 3 is 2.41 bits per heavy atom. The van der Waals surface area contributed by atoms with Gasteiger partial charge in [-0.1, -0.05) is 30.3 Å². The van der Waals surface area contributed by atoms with Gasteiger partial charge in [-0.25, -0.2) is 4.39 Å². The normalized spacial score (nSPS) is 12.3. The summed E-state index contributed by atoms with van der Waals surface area (Å²) in [5, 5.41) is 21.4. The van der Waals surface area contributed by atoms with Crippen LogP contribution in [-0.4, -0.2) is 10.2 Å². The number of rotatable bonds is 1. The highest BCUT2D eigenvalue weighted by atomic mass is 19.1. The number of benzene rings is 4. The van der Waals surface area contributed by atoms with Crippen molar-refractivity contribution in [2.75, 3.05) is 0 Å². The van der Waals surface area contributed by atoms with Gasteiger partial charge in [0.25, 0.3) is 0 Å². The minimum Gasteiger partial charge on any atom is -0.508 e. The van der Waals surface area contributed by atoms with Gasteiger partial charge in [-0.05, 0) is 52.7 Å². The maximum absolute atomic E-state index is 14.7. The molecule has 0 bridgehead atoms. The van der Waals surface area contributed by atoms with E-state index in [0.717, 1.165) is 27.5 Å². The Hall–Kier alpha value is -3.53. The predicted molar refractivity (Wildman–Crippen MR) is 102 cm³/mol. The second kappa shape index (κ2) is 5.74. The maximum Gasteiger partial charge on any atom is 0.136 e. The number of hydrogen-bond donors (Lipinski definition) is 2. The molecule has 5 rings (SSSR count). The van der Waals surface area contributed by atoms with Crippen molar-refractivity contribution >= 4 is 10.8 Å². The van der Waals surface area contributed by atoms with Crippen LogP contribution in [0.3, 0.4) is 0 Å². The summed E-state index contributed by atoms with van der Waals surface area (Å²) in [6, 6.07) is 18.8. The van der Waals surface area contributed by atoms with Crippen LogP contribution in [0.1, 0.15) is 5.56 Å². The van der Waals surface area contributed by atoms with Gasteiger partial charge in [-0.2, -0.15) is 0 Å². The first-order chi connectivity index (χ1) is 13.1. The summed E-state index contributed by atoms with van der Waals surface area (Å²) in [7, 11) is 0. The number of phenols is 2. The van der Waals surface area contributed by atoms with Crippen LogP contribution in [0.5, 0.6) is 17.2 Å². The van der Waals surface area contributed by atoms with Crippen molar-refractivity contribution in [2.45, 2.75) is 6.61 Å². The topological polar surface area (TPSA) is 49.7 Å². The van der Waals surface area contributed by atoms with Crippen molar-refractivity contribution in [3.05, 3.63) is 78.1 Å². The first-order valence-corrected chi connectivity index (χ1v) is 8.61. The summed E-state index contributed by atoms with van der Waals surface area (Å²) < 4.78 is 20.7. The third-order valence-electron chi connectivity index (χ3n) is 4.97. The van der Waals surface area contributed by atoms with E-state index in [2.05, 4.69) is 0 Å². The molecule has 0 aliphatic carbocycles. The average Bonchev–Trinajstić information content (AvgIpc) is 2.66. The third kappa shape index (κ3) is 2.41. The zero-order valence-electron chi connectivity index (χ0n) is 14.2.